The molecule has 0 heterocycles. The number of hydrogen-bond donors (Lipinski definition) is 1. The van der Waals surface area contributed by atoms with E-state index in [-0.39, 0.29) is 17.7 Å². The van der Waals surface area contributed by atoms with Crippen LogP contribution in [0.2, 0.25) is 0 Å². The van der Waals surface area contributed by atoms with Gasteiger partial charge in [-0.1, -0.05) is 12.1 Å². The van der Waals surface area contributed by atoms with Gasteiger partial charge < -0.3 is 15.4 Å². The van der Waals surface area contributed by atoms with Crippen molar-refractivity contribution >= 4 is 11.8 Å². The highest BCUT2D eigenvalue weighted by molar-refractivity contribution is 5.96. The molecule has 0 saturated heterocycles. The van der Waals surface area contributed by atoms with Crippen molar-refractivity contribution in [3.63, 3.8) is 0 Å². The van der Waals surface area contributed by atoms with Gasteiger partial charge in [0.2, 0.25) is 5.91 Å². The maximum Gasteiger partial charge on any atom is 0.406 e. The Morgan fingerprint density at radius 3 is 2.15 bits per heavy atom. The number of benzene rings is 2. The maximum atomic E-state index is 12.6. The number of nitrogens with zero attached hydrogens (tertiary/aromatic N) is 1. The van der Waals surface area contributed by atoms with Crippen LogP contribution >= 0.6 is 0 Å². The molecular weight excluding hydrogens is 361 g/mol. The van der Waals surface area contributed by atoms with E-state index in [1.807, 2.05) is 0 Å². The number of nitrogens with two attached hydrogens (primary N) is 1. The molecule has 2 aromatic carbocycles. The number of primary amides is 1. The minimum Gasteiger partial charge on any atom is -0.496 e. The SMILES string of the molecule is CCN(CC(F)(F)F)C(=O)c1ccc(-c2cc(C(N)=O)ccc2OC)cc1. The van der Waals surface area contributed by atoms with Crippen molar-refractivity contribution in [2.75, 3.05) is 20.2 Å². The molecule has 0 aromatic heterocycles. The van der Waals surface area contributed by atoms with E-state index in [4.69, 9.17) is 10.5 Å². The summed E-state index contributed by atoms with van der Waals surface area (Å²) in [5.74, 6) is -0.818. The van der Waals surface area contributed by atoms with Crippen LogP contribution in [0.3, 0.4) is 0 Å². The molecule has 0 unspecified atom stereocenters. The number of carbonyl (C=O) groups is 2. The first-order valence-electron chi connectivity index (χ1n) is 8.10. The van der Waals surface area contributed by atoms with E-state index >= 15 is 0 Å². The number of carbonyl (C=O) groups excluding carboxylic acids is 2. The van der Waals surface area contributed by atoms with Crippen LogP contribution in [0.5, 0.6) is 5.75 Å². The van der Waals surface area contributed by atoms with E-state index in [0.717, 1.165) is 4.90 Å². The molecule has 0 atom stereocenters. The Morgan fingerprint density at radius 1 is 1.07 bits per heavy atom. The average Bonchev–Trinajstić information content (AvgIpc) is 2.64. The van der Waals surface area contributed by atoms with Gasteiger partial charge in [-0.2, -0.15) is 13.2 Å². The Morgan fingerprint density at radius 2 is 1.67 bits per heavy atom. The fraction of sp³-hybridized carbons (Fsp3) is 0.263. The predicted octanol–water partition coefficient (Wildman–Crippen LogP) is 3.49. The summed E-state index contributed by atoms with van der Waals surface area (Å²) in [5, 5.41) is 0. The second-order valence-electron chi connectivity index (χ2n) is 5.79. The largest absolute Gasteiger partial charge is 0.496 e. The average molecular weight is 380 g/mol. The van der Waals surface area contributed by atoms with Crippen LogP contribution < -0.4 is 10.5 Å². The van der Waals surface area contributed by atoms with Crippen LogP contribution in [0, 0.1) is 0 Å². The summed E-state index contributed by atoms with van der Waals surface area (Å²) in [5.41, 5.74) is 6.92. The highest BCUT2D eigenvalue weighted by Crippen LogP contribution is 2.31. The van der Waals surface area contributed by atoms with Gasteiger partial charge in [-0.15, -0.1) is 0 Å². The third-order valence-electron chi connectivity index (χ3n) is 3.97. The van der Waals surface area contributed by atoms with Crippen molar-refractivity contribution in [1.29, 1.82) is 0 Å². The Labute approximate surface area is 154 Å². The zero-order valence-corrected chi connectivity index (χ0v) is 14.8. The molecule has 0 fully saturated rings. The van der Waals surface area contributed by atoms with E-state index < -0.39 is 24.5 Å². The number of rotatable bonds is 6. The molecule has 0 bridgehead atoms. The van der Waals surface area contributed by atoms with Gasteiger partial charge in [0.1, 0.15) is 12.3 Å². The Hall–Kier alpha value is -3.03. The van der Waals surface area contributed by atoms with Crippen LogP contribution in [0.15, 0.2) is 42.5 Å². The van der Waals surface area contributed by atoms with Gasteiger partial charge in [0.25, 0.3) is 5.91 Å². The first-order valence-corrected chi connectivity index (χ1v) is 8.10. The number of ether oxygens (including phenoxy) is 1. The van der Waals surface area contributed by atoms with E-state index in [1.165, 1.54) is 32.2 Å². The monoisotopic (exact) mass is 380 g/mol. The topological polar surface area (TPSA) is 72.6 Å². The summed E-state index contributed by atoms with van der Waals surface area (Å²) in [6.07, 6.45) is -4.46. The molecule has 2 amide bonds. The normalized spacial score (nSPS) is 11.1. The molecule has 5 nitrogen and oxygen atoms in total. The van der Waals surface area contributed by atoms with E-state index in [0.29, 0.717) is 16.9 Å². The zero-order valence-electron chi connectivity index (χ0n) is 14.8. The summed E-state index contributed by atoms with van der Waals surface area (Å²) in [7, 11) is 1.47. The fourth-order valence-corrected chi connectivity index (χ4v) is 2.61. The minimum atomic E-state index is -4.46. The third kappa shape index (κ3) is 4.99. The second kappa shape index (κ2) is 8.11. The second-order valence-corrected chi connectivity index (χ2v) is 5.79. The summed E-state index contributed by atoms with van der Waals surface area (Å²) < 4.78 is 43.1. The lowest BCUT2D eigenvalue weighted by atomic mass is 10.00. The molecule has 0 radical (unpaired) electrons. The lowest BCUT2D eigenvalue weighted by Gasteiger charge is -2.22. The fourth-order valence-electron chi connectivity index (χ4n) is 2.61. The van der Waals surface area contributed by atoms with Crippen LogP contribution in [0.4, 0.5) is 13.2 Å². The molecule has 27 heavy (non-hydrogen) atoms. The lowest BCUT2D eigenvalue weighted by Crippen LogP contribution is -2.38. The highest BCUT2D eigenvalue weighted by Gasteiger charge is 2.32. The first kappa shape index (κ1) is 20.3. The molecule has 0 aliphatic rings. The molecule has 0 aliphatic carbocycles. The summed E-state index contributed by atoms with van der Waals surface area (Å²) in [6, 6.07) is 10.7. The van der Waals surface area contributed by atoms with Crippen molar-refractivity contribution in [1.82, 2.24) is 4.90 Å². The number of halogens is 3. The molecule has 0 aliphatic heterocycles. The van der Waals surface area contributed by atoms with Gasteiger partial charge in [0.15, 0.2) is 0 Å². The summed E-state index contributed by atoms with van der Waals surface area (Å²) in [4.78, 5) is 24.4. The molecule has 144 valence electrons. The zero-order chi connectivity index (χ0) is 20.2. The molecule has 0 spiro atoms. The van der Waals surface area contributed by atoms with Crippen molar-refractivity contribution in [2.45, 2.75) is 13.1 Å². The number of methoxy groups -OCH3 is 1. The third-order valence-corrected chi connectivity index (χ3v) is 3.97. The smallest absolute Gasteiger partial charge is 0.406 e. The summed E-state index contributed by atoms with van der Waals surface area (Å²) in [6.45, 7) is 0.116. The molecular formula is C19H19F3N2O3. The number of amides is 2. The molecule has 2 rings (SSSR count). The van der Waals surface area contributed by atoms with Crippen LogP contribution in [-0.4, -0.2) is 43.1 Å². The minimum absolute atomic E-state index is 0.0609. The van der Waals surface area contributed by atoms with Crippen LogP contribution in [0.1, 0.15) is 27.6 Å². The van der Waals surface area contributed by atoms with Gasteiger partial charge in [-0.25, -0.2) is 0 Å². The predicted molar refractivity (Wildman–Crippen MR) is 94.6 cm³/mol. The molecule has 2 aromatic rings. The van der Waals surface area contributed by atoms with E-state index in [1.54, 1.807) is 24.3 Å². The molecule has 8 heteroatoms. The number of hydrogen-bond acceptors (Lipinski definition) is 3. The first-order chi connectivity index (χ1) is 12.7. The van der Waals surface area contributed by atoms with Crippen molar-refractivity contribution < 1.29 is 27.5 Å². The Balaban J connectivity index is 2.33. The standard InChI is InChI=1S/C19H19F3N2O3/c1-3-24(11-19(20,21)22)18(26)13-6-4-12(5-7-13)15-10-14(17(23)25)8-9-16(15)27-2/h4-10H,3,11H2,1-2H3,(H2,23,25). The van der Waals surface area contributed by atoms with Gasteiger partial charge in [0, 0.05) is 23.2 Å². The lowest BCUT2D eigenvalue weighted by molar-refractivity contribution is -0.140. The van der Waals surface area contributed by atoms with Gasteiger partial charge in [0.05, 0.1) is 7.11 Å². The van der Waals surface area contributed by atoms with Crippen molar-refractivity contribution in [3.05, 3.63) is 53.6 Å². The van der Waals surface area contributed by atoms with Crippen LogP contribution in [0.25, 0.3) is 11.1 Å². The van der Waals surface area contributed by atoms with E-state index in [9.17, 15) is 22.8 Å². The van der Waals surface area contributed by atoms with Crippen molar-refractivity contribution in [2.24, 2.45) is 5.73 Å². The maximum absolute atomic E-state index is 12.6. The molecule has 2 N–H and O–H groups in total. The van der Waals surface area contributed by atoms with Gasteiger partial charge in [-0.3, -0.25) is 9.59 Å². The van der Waals surface area contributed by atoms with E-state index in [2.05, 4.69) is 0 Å². The highest BCUT2D eigenvalue weighted by atomic mass is 19.4. The van der Waals surface area contributed by atoms with Gasteiger partial charge in [-0.05, 0) is 42.8 Å². The summed E-state index contributed by atoms with van der Waals surface area (Å²) >= 11 is 0. The Bertz CT molecular complexity index is 833. The number of alkyl halides is 3. The van der Waals surface area contributed by atoms with Crippen LogP contribution in [-0.2, 0) is 0 Å². The van der Waals surface area contributed by atoms with Crippen molar-refractivity contribution in [3.8, 4) is 16.9 Å². The van der Waals surface area contributed by atoms with Gasteiger partial charge >= 0.3 is 6.18 Å². The quantitative estimate of drug-likeness (QED) is 0.834. The Kier molecular flexibility index (Phi) is 6.09. The molecule has 0 saturated carbocycles.